The number of aromatic nitrogens is 1. The molecule has 0 saturated heterocycles. The van der Waals surface area contributed by atoms with Gasteiger partial charge >= 0.3 is 0 Å². The van der Waals surface area contributed by atoms with E-state index in [9.17, 15) is 1.37 Å². The average Bonchev–Trinajstić information content (AvgIpc) is 2.72. The molecule has 140 valence electrons. The van der Waals surface area contributed by atoms with E-state index in [2.05, 4.69) is 38.7 Å². The van der Waals surface area contributed by atoms with Gasteiger partial charge < -0.3 is 0 Å². The van der Waals surface area contributed by atoms with Gasteiger partial charge in [-0.3, -0.25) is 4.98 Å². The third-order valence-corrected chi connectivity index (χ3v) is 7.28. The lowest BCUT2D eigenvalue weighted by Crippen LogP contribution is -2.41. The Labute approximate surface area is 171 Å². The summed E-state index contributed by atoms with van der Waals surface area (Å²) < 4.78 is 32.2. The zero-order chi connectivity index (χ0) is 23.0. The van der Waals surface area contributed by atoms with Crippen molar-refractivity contribution in [3.8, 4) is 11.3 Å². The van der Waals surface area contributed by atoms with Crippen molar-refractivity contribution in [3.05, 3.63) is 83.6 Å². The van der Waals surface area contributed by atoms with Crippen LogP contribution >= 0.6 is 0 Å². The lowest BCUT2D eigenvalue weighted by Gasteiger charge is -2.28. The van der Waals surface area contributed by atoms with Crippen LogP contribution in [-0.2, 0) is 0 Å². The van der Waals surface area contributed by atoms with Crippen LogP contribution in [0.15, 0.2) is 66.9 Å². The third-order valence-electron chi connectivity index (χ3n) is 5.27. The van der Waals surface area contributed by atoms with Gasteiger partial charge in [-0.05, 0) is 41.0 Å². The number of pyridine rings is 1. The molecule has 0 aliphatic rings. The van der Waals surface area contributed by atoms with E-state index in [1.807, 2.05) is 49.5 Å². The Bertz CT molecular complexity index is 1040. The molecule has 3 aromatic rings. The van der Waals surface area contributed by atoms with Crippen LogP contribution in [0.4, 0.5) is 0 Å². The van der Waals surface area contributed by atoms with Crippen LogP contribution in [0.1, 0.15) is 47.8 Å². The van der Waals surface area contributed by atoms with Gasteiger partial charge in [-0.2, -0.15) is 0 Å². The summed E-state index contributed by atoms with van der Waals surface area (Å²) >= 11 is 0. The molecule has 0 saturated carbocycles. The van der Waals surface area contributed by atoms with Gasteiger partial charge in [0.2, 0.25) is 0 Å². The smallest absolute Gasteiger partial charge is 0.0799 e. The zero-order valence-electron chi connectivity index (χ0n) is 20.9. The maximum absolute atomic E-state index is 9.43. The summed E-state index contributed by atoms with van der Waals surface area (Å²) in [5, 5.41) is 1.19. The highest BCUT2D eigenvalue weighted by Gasteiger charge is 2.26. The normalized spacial score (nSPS) is 17.8. The van der Waals surface area contributed by atoms with Crippen LogP contribution in [0.5, 0.6) is 0 Å². The van der Waals surface area contributed by atoms with Crippen molar-refractivity contribution in [2.75, 3.05) is 0 Å². The van der Waals surface area contributed by atoms with Gasteiger partial charge in [0.05, 0.1) is 13.8 Å². The summed E-state index contributed by atoms with van der Waals surface area (Å²) in [5.41, 5.74) is 4.10. The minimum Gasteiger partial charge on any atom is -0.256 e. The van der Waals surface area contributed by atoms with Gasteiger partial charge in [-0.1, -0.05) is 93.6 Å². The molecule has 0 radical (unpaired) electrons. The summed E-state index contributed by atoms with van der Waals surface area (Å²) in [6, 6.07) is 19.2. The molecule has 2 aromatic carbocycles. The maximum Gasteiger partial charge on any atom is 0.0799 e. The standard InChI is InChI=1S/C25H31NSi/c1-18-12-14-22(15-13-18)24-16-23(25(17-26-24)27(4,5)6)20(3)19(2)21-10-8-7-9-11-21/h7-17,19-20H,1-6H3/i1D3,20D. The van der Waals surface area contributed by atoms with Gasteiger partial charge in [0.25, 0.3) is 0 Å². The van der Waals surface area contributed by atoms with Gasteiger partial charge in [-0.15, -0.1) is 0 Å². The van der Waals surface area contributed by atoms with Gasteiger partial charge in [0.15, 0.2) is 0 Å². The van der Waals surface area contributed by atoms with Crippen LogP contribution in [0.3, 0.4) is 0 Å². The maximum atomic E-state index is 9.43. The number of hydrogen-bond acceptors (Lipinski definition) is 1. The average molecular weight is 378 g/mol. The molecule has 0 N–H and O–H groups in total. The molecule has 0 bridgehead atoms. The highest BCUT2D eigenvalue weighted by Crippen LogP contribution is 2.33. The first-order valence-corrected chi connectivity index (χ1v) is 13.0. The molecule has 1 heterocycles. The molecule has 2 heteroatoms. The molecule has 0 aliphatic heterocycles. The molecule has 1 nitrogen and oxygen atoms in total. The Morgan fingerprint density at radius 3 is 2.22 bits per heavy atom. The fraction of sp³-hybridized carbons (Fsp3) is 0.320. The fourth-order valence-electron chi connectivity index (χ4n) is 3.40. The molecule has 27 heavy (non-hydrogen) atoms. The van der Waals surface area contributed by atoms with Gasteiger partial charge in [0, 0.05) is 17.2 Å². The first kappa shape index (κ1) is 14.8. The summed E-state index contributed by atoms with van der Waals surface area (Å²) in [5.74, 6) is -0.843. The molecule has 2 atom stereocenters. The molecule has 0 spiro atoms. The number of rotatable bonds is 5. The summed E-state index contributed by atoms with van der Waals surface area (Å²) in [6.07, 6.45) is 1.94. The van der Waals surface area contributed by atoms with Gasteiger partial charge in [0.1, 0.15) is 0 Å². The van der Waals surface area contributed by atoms with Crippen LogP contribution < -0.4 is 5.19 Å². The van der Waals surface area contributed by atoms with E-state index < -0.39 is 20.8 Å². The van der Waals surface area contributed by atoms with E-state index in [1.54, 1.807) is 12.1 Å². The van der Waals surface area contributed by atoms with Crippen LogP contribution in [0, 0.1) is 6.85 Å². The van der Waals surface area contributed by atoms with E-state index in [-0.39, 0.29) is 5.92 Å². The van der Waals surface area contributed by atoms with Gasteiger partial charge in [-0.25, -0.2) is 0 Å². The summed E-state index contributed by atoms with van der Waals surface area (Å²) in [6.45, 7) is 8.82. The zero-order valence-corrected chi connectivity index (χ0v) is 17.9. The van der Waals surface area contributed by atoms with Crippen molar-refractivity contribution in [2.45, 2.75) is 52.2 Å². The number of hydrogen-bond donors (Lipinski definition) is 0. The topological polar surface area (TPSA) is 12.9 Å². The molecular formula is C25H31NSi. The molecule has 2 unspecified atom stereocenters. The second-order valence-electron chi connectivity index (χ2n) is 8.26. The van der Waals surface area contributed by atoms with Crippen LogP contribution in [0.25, 0.3) is 11.3 Å². The Kier molecular flexibility index (Phi) is 4.29. The summed E-state index contributed by atoms with van der Waals surface area (Å²) in [7, 11) is -1.75. The molecular weight excluding hydrogens is 342 g/mol. The Balaban J connectivity index is 2.12. The van der Waals surface area contributed by atoms with E-state index in [4.69, 9.17) is 9.10 Å². The molecule has 3 rings (SSSR count). The van der Waals surface area contributed by atoms with Crippen molar-refractivity contribution in [1.82, 2.24) is 4.98 Å². The lowest BCUT2D eigenvalue weighted by molar-refractivity contribution is 0.626. The van der Waals surface area contributed by atoms with Crippen molar-refractivity contribution in [2.24, 2.45) is 0 Å². The first-order chi connectivity index (χ1) is 14.3. The van der Waals surface area contributed by atoms with E-state index >= 15 is 0 Å². The highest BCUT2D eigenvalue weighted by atomic mass is 28.3. The molecule has 0 fully saturated rings. The fourth-order valence-corrected chi connectivity index (χ4v) is 4.93. The predicted octanol–water partition coefficient (Wildman–Crippen LogP) is 6.51. The number of aryl methyl sites for hydroxylation is 1. The Hall–Kier alpha value is -2.19. The van der Waals surface area contributed by atoms with Crippen molar-refractivity contribution in [3.63, 3.8) is 0 Å². The van der Waals surface area contributed by atoms with E-state index in [1.165, 1.54) is 5.19 Å². The summed E-state index contributed by atoms with van der Waals surface area (Å²) in [4.78, 5) is 4.72. The Morgan fingerprint density at radius 2 is 1.63 bits per heavy atom. The quantitative estimate of drug-likeness (QED) is 0.462. The molecule has 1 aromatic heterocycles. The van der Waals surface area contributed by atoms with Crippen molar-refractivity contribution in [1.29, 1.82) is 0 Å². The lowest BCUT2D eigenvalue weighted by atomic mass is 9.84. The monoisotopic (exact) mass is 377 g/mol. The van der Waals surface area contributed by atoms with Crippen LogP contribution in [0.2, 0.25) is 19.6 Å². The second kappa shape index (κ2) is 7.81. The number of benzene rings is 2. The van der Waals surface area contributed by atoms with Crippen LogP contribution in [-0.4, -0.2) is 13.1 Å². The van der Waals surface area contributed by atoms with E-state index in [0.29, 0.717) is 5.56 Å². The number of nitrogens with zero attached hydrogens (tertiary/aromatic N) is 1. The predicted molar refractivity (Wildman–Crippen MR) is 121 cm³/mol. The third kappa shape index (κ3) is 4.39. The van der Waals surface area contributed by atoms with E-state index in [0.717, 1.165) is 22.4 Å². The molecule has 0 amide bonds. The second-order valence-corrected chi connectivity index (χ2v) is 13.3. The van der Waals surface area contributed by atoms with Crippen molar-refractivity contribution >= 4 is 13.3 Å². The van der Waals surface area contributed by atoms with Crippen molar-refractivity contribution < 1.29 is 5.48 Å². The Morgan fingerprint density at radius 1 is 0.963 bits per heavy atom. The minimum atomic E-state index is -2.12. The SMILES string of the molecule is [2H]C([2H])([2H])c1ccc(-c2cc(C([2H])(C)C(C)c3ccccc3)c([Si](C)(C)C)cn2)cc1. The highest BCUT2D eigenvalue weighted by molar-refractivity contribution is 6.89. The first-order valence-electron chi connectivity index (χ1n) is 11.5. The minimum absolute atomic E-state index is 0.00279. The largest absolute Gasteiger partial charge is 0.256 e. The molecule has 0 aliphatic carbocycles.